The van der Waals surface area contributed by atoms with E-state index in [-0.39, 0.29) is 11.9 Å². The Labute approximate surface area is 134 Å². The number of benzene rings is 1. The van der Waals surface area contributed by atoms with E-state index in [0.29, 0.717) is 11.4 Å². The fraction of sp³-hybridized carbons (Fsp3) is 0.167. The molecule has 0 bridgehead atoms. The fourth-order valence-electron chi connectivity index (χ4n) is 3.04. The van der Waals surface area contributed by atoms with Gasteiger partial charge in [-0.3, -0.25) is 9.36 Å². The van der Waals surface area contributed by atoms with Gasteiger partial charge in [-0.25, -0.2) is 9.97 Å². The number of fused-ring (bicyclic) bond motifs is 1. The van der Waals surface area contributed by atoms with E-state index in [4.69, 9.17) is 0 Å². The summed E-state index contributed by atoms with van der Waals surface area (Å²) in [6.07, 6.45) is 8.76. The zero-order valence-electron chi connectivity index (χ0n) is 12.5. The van der Waals surface area contributed by atoms with E-state index < -0.39 is 0 Å². The Morgan fingerprint density at radius 1 is 1.22 bits per heavy atom. The molecule has 0 unspecified atom stereocenters. The summed E-state index contributed by atoms with van der Waals surface area (Å²) < 4.78 is 1.78. The molecule has 1 atom stereocenters. The number of pyridine rings is 1. The maximum Gasteiger partial charge on any atom is 0.251 e. The smallest absolute Gasteiger partial charge is 0.251 e. The van der Waals surface area contributed by atoms with Gasteiger partial charge in [0.05, 0.1) is 6.04 Å². The van der Waals surface area contributed by atoms with E-state index >= 15 is 0 Å². The van der Waals surface area contributed by atoms with Crippen LogP contribution in [0.2, 0.25) is 0 Å². The third-order valence-corrected chi connectivity index (χ3v) is 4.21. The second kappa shape index (κ2) is 5.68. The summed E-state index contributed by atoms with van der Waals surface area (Å²) in [5.41, 5.74) is 3.16. The monoisotopic (exact) mass is 304 g/mol. The van der Waals surface area contributed by atoms with Gasteiger partial charge in [0.1, 0.15) is 12.1 Å². The molecule has 0 saturated heterocycles. The van der Waals surface area contributed by atoms with Crippen LogP contribution in [0.25, 0.3) is 5.82 Å². The number of nitrogens with one attached hydrogen (secondary N) is 1. The minimum Gasteiger partial charge on any atom is -0.345 e. The van der Waals surface area contributed by atoms with Crippen LogP contribution < -0.4 is 5.32 Å². The van der Waals surface area contributed by atoms with E-state index in [1.807, 2.05) is 12.1 Å². The molecule has 5 heteroatoms. The van der Waals surface area contributed by atoms with Gasteiger partial charge in [0.2, 0.25) is 0 Å². The quantitative estimate of drug-likeness (QED) is 0.809. The Morgan fingerprint density at radius 2 is 2.13 bits per heavy atom. The number of rotatable bonds is 3. The summed E-state index contributed by atoms with van der Waals surface area (Å²) in [6, 6.07) is 11.9. The van der Waals surface area contributed by atoms with E-state index in [9.17, 15) is 4.79 Å². The molecule has 0 aliphatic heterocycles. The van der Waals surface area contributed by atoms with Crippen molar-refractivity contribution in [1.82, 2.24) is 19.9 Å². The molecule has 23 heavy (non-hydrogen) atoms. The van der Waals surface area contributed by atoms with Crippen molar-refractivity contribution in [2.75, 3.05) is 0 Å². The van der Waals surface area contributed by atoms with E-state index in [1.54, 1.807) is 41.6 Å². The highest BCUT2D eigenvalue weighted by molar-refractivity contribution is 5.94. The first kappa shape index (κ1) is 13.7. The molecule has 0 spiro atoms. The number of carbonyl (C=O) groups is 1. The molecule has 114 valence electrons. The highest BCUT2D eigenvalue weighted by atomic mass is 16.1. The Kier molecular flexibility index (Phi) is 3.38. The summed E-state index contributed by atoms with van der Waals surface area (Å²) in [4.78, 5) is 20.8. The molecule has 1 aliphatic carbocycles. The molecule has 0 radical (unpaired) electrons. The van der Waals surface area contributed by atoms with Crippen LogP contribution in [-0.4, -0.2) is 20.4 Å². The van der Waals surface area contributed by atoms with Gasteiger partial charge >= 0.3 is 0 Å². The highest BCUT2D eigenvalue weighted by Crippen LogP contribution is 2.30. The Balaban J connectivity index is 1.55. The predicted octanol–water partition coefficient (Wildman–Crippen LogP) is 2.68. The van der Waals surface area contributed by atoms with Crippen LogP contribution in [-0.2, 0) is 6.42 Å². The van der Waals surface area contributed by atoms with Crippen molar-refractivity contribution in [2.24, 2.45) is 0 Å². The van der Waals surface area contributed by atoms with Gasteiger partial charge in [-0.05, 0) is 36.1 Å². The van der Waals surface area contributed by atoms with Crippen molar-refractivity contribution in [1.29, 1.82) is 0 Å². The highest BCUT2D eigenvalue weighted by Gasteiger charge is 2.23. The van der Waals surface area contributed by atoms with Crippen LogP contribution in [0.3, 0.4) is 0 Å². The number of aryl methyl sites for hydroxylation is 1. The summed E-state index contributed by atoms with van der Waals surface area (Å²) in [7, 11) is 0. The third-order valence-electron chi connectivity index (χ3n) is 4.21. The second-order valence-corrected chi connectivity index (χ2v) is 5.64. The van der Waals surface area contributed by atoms with Crippen molar-refractivity contribution < 1.29 is 4.79 Å². The van der Waals surface area contributed by atoms with Gasteiger partial charge in [0.15, 0.2) is 0 Å². The molecule has 1 aromatic carbocycles. The maximum atomic E-state index is 12.6. The lowest BCUT2D eigenvalue weighted by molar-refractivity contribution is 0.0936. The molecule has 0 fully saturated rings. The molecule has 2 aromatic heterocycles. The normalized spacial score (nSPS) is 16.1. The van der Waals surface area contributed by atoms with Crippen LogP contribution in [0.1, 0.15) is 33.9 Å². The van der Waals surface area contributed by atoms with Crippen LogP contribution in [0.5, 0.6) is 0 Å². The lowest BCUT2D eigenvalue weighted by atomic mass is 10.1. The van der Waals surface area contributed by atoms with Crippen LogP contribution in [0.15, 0.2) is 61.3 Å². The first-order valence-corrected chi connectivity index (χ1v) is 7.64. The van der Waals surface area contributed by atoms with Gasteiger partial charge in [0, 0.05) is 24.2 Å². The van der Waals surface area contributed by atoms with Gasteiger partial charge < -0.3 is 5.32 Å². The zero-order chi connectivity index (χ0) is 15.6. The zero-order valence-corrected chi connectivity index (χ0v) is 12.5. The van der Waals surface area contributed by atoms with Crippen LogP contribution in [0.4, 0.5) is 0 Å². The summed E-state index contributed by atoms with van der Waals surface area (Å²) in [5, 5.41) is 3.13. The molecule has 1 amide bonds. The van der Waals surface area contributed by atoms with E-state index in [2.05, 4.69) is 27.4 Å². The summed E-state index contributed by atoms with van der Waals surface area (Å²) in [6.45, 7) is 0. The van der Waals surface area contributed by atoms with Gasteiger partial charge in [-0.2, -0.15) is 0 Å². The number of amides is 1. The van der Waals surface area contributed by atoms with Crippen molar-refractivity contribution in [3.8, 4) is 5.82 Å². The second-order valence-electron chi connectivity index (χ2n) is 5.64. The van der Waals surface area contributed by atoms with Crippen molar-refractivity contribution in [3.63, 3.8) is 0 Å². The Morgan fingerprint density at radius 3 is 3.00 bits per heavy atom. The molecule has 1 N–H and O–H groups in total. The summed E-state index contributed by atoms with van der Waals surface area (Å²) in [5.74, 6) is 0.609. The lowest BCUT2D eigenvalue weighted by Crippen LogP contribution is -2.27. The maximum absolute atomic E-state index is 12.6. The molecular formula is C18H16N4O. The van der Waals surface area contributed by atoms with E-state index in [0.717, 1.165) is 12.8 Å². The number of aromatic nitrogens is 3. The average Bonchev–Trinajstić information content (AvgIpc) is 3.25. The molecule has 0 saturated carbocycles. The molecule has 1 aliphatic rings. The minimum absolute atomic E-state index is 0.0736. The molecule has 4 rings (SSSR count). The van der Waals surface area contributed by atoms with Gasteiger partial charge in [-0.1, -0.05) is 24.3 Å². The number of carbonyl (C=O) groups excluding carboxylic acids is 1. The van der Waals surface area contributed by atoms with Crippen molar-refractivity contribution in [3.05, 3.63) is 78.0 Å². The molecular weight excluding hydrogens is 288 g/mol. The van der Waals surface area contributed by atoms with Crippen LogP contribution in [0, 0.1) is 0 Å². The molecule has 3 aromatic rings. The third kappa shape index (κ3) is 2.61. The topological polar surface area (TPSA) is 59.8 Å². The van der Waals surface area contributed by atoms with Crippen molar-refractivity contribution in [2.45, 2.75) is 18.9 Å². The summed E-state index contributed by atoms with van der Waals surface area (Å²) >= 11 is 0. The SMILES string of the molecule is O=C(N[C@@H]1CCc2ccccc21)c1ccnc(-n2ccnc2)c1. The number of imidazole rings is 1. The fourth-order valence-corrected chi connectivity index (χ4v) is 3.04. The van der Waals surface area contributed by atoms with Crippen molar-refractivity contribution >= 4 is 5.91 Å². The standard InChI is InChI=1S/C18H16N4O/c23-18(21-16-6-5-13-3-1-2-4-15(13)16)14-7-8-20-17(11-14)22-10-9-19-12-22/h1-4,7-12,16H,5-6H2,(H,21,23)/t16-/m1/s1. The van der Waals surface area contributed by atoms with Gasteiger partial charge in [0.25, 0.3) is 5.91 Å². The first-order valence-electron chi connectivity index (χ1n) is 7.64. The van der Waals surface area contributed by atoms with Crippen LogP contribution >= 0.6 is 0 Å². The number of hydrogen-bond acceptors (Lipinski definition) is 3. The van der Waals surface area contributed by atoms with E-state index in [1.165, 1.54) is 11.1 Å². The lowest BCUT2D eigenvalue weighted by Gasteiger charge is -2.14. The molecule has 2 heterocycles. The molecule has 5 nitrogen and oxygen atoms in total. The number of hydrogen-bond donors (Lipinski definition) is 1. The number of nitrogens with zero attached hydrogens (tertiary/aromatic N) is 3. The predicted molar refractivity (Wildman–Crippen MR) is 86.3 cm³/mol. The first-order chi connectivity index (χ1) is 11.3. The Bertz CT molecular complexity index is 842. The largest absolute Gasteiger partial charge is 0.345 e. The average molecular weight is 304 g/mol. The Hall–Kier alpha value is -2.95. The minimum atomic E-state index is -0.0736. The van der Waals surface area contributed by atoms with Gasteiger partial charge in [-0.15, -0.1) is 0 Å².